The number of rotatable bonds is 3. The zero-order valence-corrected chi connectivity index (χ0v) is 10.5. The van der Waals surface area contributed by atoms with Crippen LogP contribution in [0.15, 0.2) is 0 Å². The van der Waals surface area contributed by atoms with Crippen LogP contribution in [0, 0.1) is 16.7 Å². The van der Waals surface area contributed by atoms with E-state index < -0.39 is 0 Å². The highest BCUT2D eigenvalue weighted by Gasteiger charge is 2.60. The second kappa shape index (κ2) is 3.46. The fourth-order valence-electron chi connectivity index (χ4n) is 3.83. The molecule has 0 saturated heterocycles. The highest BCUT2D eigenvalue weighted by atomic mass is 16.3. The molecule has 2 aliphatic carbocycles. The lowest BCUT2D eigenvalue weighted by Gasteiger charge is -2.39. The molecule has 0 aromatic rings. The quantitative estimate of drug-likeness (QED) is 0.750. The molecule has 0 aliphatic heterocycles. The van der Waals surface area contributed by atoms with Crippen LogP contribution in [0.5, 0.6) is 0 Å². The van der Waals surface area contributed by atoms with Gasteiger partial charge >= 0.3 is 0 Å². The molecule has 15 heavy (non-hydrogen) atoms. The molecule has 88 valence electrons. The summed E-state index contributed by atoms with van der Waals surface area (Å²) < 4.78 is 0. The summed E-state index contributed by atoms with van der Waals surface area (Å²) in [7, 11) is 0. The Hall–Kier alpha value is -0.0800. The number of nitrogens with one attached hydrogen (secondary N) is 1. The molecular formula is C13H25NO. The molecule has 0 aromatic carbocycles. The molecule has 2 nitrogen and oxygen atoms in total. The smallest absolute Gasteiger partial charge is 0.0636 e. The largest absolute Gasteiger partial charge is 0.392 e. The van der Waals surface area contributed by atoms with Crippen molar-refractivity contribution in [1.82, 2.24) is 5.32 Å². The Morgan fingerprint density at radius 1 is 1.40 bits per heavy atom. The molecule has 2 aliphatic rings. The SMILES string of the molecule is C[C@@H](O)CNC1C[C@@H]2CC[C@@]1(C)C2(C)C. The van der Waals surface area contributed by atoms with Crippen LogP contribution in [0.2, 0.25) is 0 Å². The molecule has 0 heterocycles. The van der Waals surface area contributed by atoms with E-state index >= 15 is 0 Å². The van der Waals surface area contributed by atoms with Gasteiger partial charge in [0.25, 0.3) is 0 Å². The third-order valence-electron chi connectivity index (χ3n) is 5.45. The Labute approximate surface area is 93.5 Å². The van der Waals surface area contributed by atoms with E-state index in [0.717, 1.165) is 12.5 Å². The fraction of sp³-hybridized carbons (Fsp3) is 1.00. The van der Waals surface area contributed by atoms with Crippen LogP contribution in [0.25, 0.3) is 0 Å². The van der Waals surface area contributed by atoms with E-state index in [4.69, 9.17) is 0 Å². The van der Waals surface area contributed by atoms with Crippen LogP contribution in [-0.4, -0.2) is 23.8 Å². The minimum Gasteiger partial charge on any atom is -0.392 e. The van der Waals surface area contributed by atoms with Gasteiger partial charge in [0, 0.05) is 12.6 Å². The van der Waals surface area contributed by atoms with Crippen molar-refractivity contribution in [2.24, 2.45) is 16.7 Å². The first kappa shape index (κ1) is 11.4. The summed E-state index contributed by atoms with van der Waals surface area (Å²) in [4.78, 5) is 0. The van der Waals surface area contributed by atoms with Crippen LogP contribution in [0.3, 0.4) is 0 Å². The average Bonchev–Trinajstić information content (AvgIpc) is 2.46. The van der Waals surface area contributed by atoms with Gasteiger partial charge in [-0.3, -0.25) is 0 Å². The van der Waals surface area contributed by atoms with Gasteiger partial charge in [-0.05, 0) is 42.9 Å². The van der Waals surface area contributed by atoms with E-state index in [1.165, 1.54) is 19.3 Å². The van der Waals surface area contributed by atoms with Gasteiger partial charge in [0.05, 0.1) is 6.10 Å². The molecule has 1 unspecified atom stereocenters. The molecule has 2 rings (SSSR count). The molecule has 2 heteroatoms. The summed E-state index contributed by atoms with van der Waals surface area (Å²) in [6, 6.07) is 0.612. The lowest BCUT2D eigenvalue weighted by atomic mass is 9.69. The van der Waals surface area contributed by atoms with E-state index in [1.54, 1.807) is 0 Å². The maximum Gasteiger partial charge on any atom is 0.0636 e. The normalized spacial score (nSPS) is 44.6. The summed E-state index contributed by atoms with van der Waals surface area (Å²) in [5.74, 6) is 0.883. The third kappa shape index (κ3) is 1.53. The highest BCUT2D eigenvalue weighted by molar-refractivity contribution is 5.12. The van der Waals surface area contributed by atoms with Crippen molar-refractivity contribution in [2.75, 3.05) is 6.54 Å². The summed E-state index contributed by atoms with van der Waals surface area (Å²) in [6.07, 6.45) is 3.82. The Kier molecular flexibility index (Phi) is 2.63. The van der Waals surface area contributed by atoms with Crippen molar-refractivity contribution in [3.63, 3.8) is 0 Å². The van der Waals surface area contributed by atoms with Crippen LogP contribution in [0.1, 0.15) is 47.0 Å². The van der Waals surface area contributed by atoms with Gasteiger partial charge in [0.2, 0.25) is 0 Å². The minimum absolute atomic E-state index is 0.226. The average molecular weight is 211 g/mol. The van der Waals surface area contributed by atoms with E-state index in [0.29, 0.717) is 16.9 Å². The maximum absolute atomic E-state index is 9.33. The fourth-order valence-corrected chi connectivity index (χ4v) is 3.83. The monoisotopic (exact) mass is 211 g/mol. The van der Waals surface area contributed by atoms with Crippen molar-refractivity contribution in [1.29, 1.82) is 0 Å². The molecule has 0 aromatic heterocycles. The first-order valence-electron chi connectivity index (χ1n) is 6.29. The molecule has 0 spiro atoms. The second-order valence-corrected chi connectivity index (χ2v) is 6.42. The number of aliphatic hydroxyl groups excluding tert-OH is 1. The number of hydrogen-bond acceptors (Lipinski definition) is 2. The maximum atomic E-state index is 9.33. The van der Waals surface area contributed by atoms with Crippen LogP contribution < -0.4 is 5.32 Å². The van der Waals surface area contributed by atoms with Gasteiger partial charge in [-0.1, -0.05) is 20.8 Å². The summed E-state index contributed by atoms with van der Waals surface area (Å²) in [5, 5.41) is 12.9. The molecular weight excluding hydrogens is 186 g/mol. The molecule has 0 amide bonds. The molecule has 0 radical (unpaired) electrons. The van der Waals surface area contributed by atoms with Crippen molar-refractivity contribution < 1.29 is 5.11 Å². The number of aliphatic hydroxyl groups is 1. The minimum atomic E-state index is -0.226. The summed E-state index contributed by atoms with van der Waals surface area (Å²) >= 11 is 0. The summed E-state index contributed by atoms with van der Waals surface area (Å²) in [6.45, 7) is 9.87. The lowest BCUT2D eigenvalue weighted by Crippen LogP contribution is -2.46. The van der Waals surface area contributed by atoms with E-state index in [1.807, 2.05) is 6.92 Å². The second-order valence-electron chi connectivity index (χ2n) is 6.42. The van der Waals surface area contributed by atoms with Crippen LogP contribution >= 0.6 is 0 Å². The number of fused-ring (bicyclic) bond motifs is 2. The Bertz CT molecular complexity index is 249. The van der Waals surface area contributed by atoms with Gasteiger partial charge in [-0.2, -0.15) is 0 Å². The van der Waals surface area contributed by atoms with Crippen molar-refractivity contribution in [3.05, 3.63) is 0 Å². The summed E-state index contributed by atoms with van der Waals surface area (Å²) in [5.41, 5.74) is 0.913. The predicted octanol–water partition coefficient (Wildman–Crippen LogP) is 2.17. The van der Waals surface area contributed by atoms with Gasteiger partial charge in [0.15, 0.2) is 0 Å². The van der Waals surface area contributed by atoms with Gasteiger partial charge in [-0.25, -0.2) is 0 Å². The Morgan fingerprint density at radius 3 is 2.47 bits per heavy atom. The molecule has 2 fully saturated rings. The lowest BCUT2D eigenvalue weighted by molar-refractivity contribution is 0.109. The molecule has 2 N–H and O–H groups in total. The first-order chi connectivity index (χ1) is 6.88. The van der Waals surface area contributed by atoms with Gasteiger partial charge in [-0.15, -0.1) is 0 Å². The Balaban J connectivity index is 2.06. The molecule has 2 bridgehead atoms. The van der Waals surface area contributed by atoms with Crippen LogP contribution in [0.4, 0.5) is 0 Å². The standard InChI is InChI=1S/C13H25NO/c1-9(15)8-14-11-7-10-5-6-13(11,4)12(10,2)3/h9-11,14-15H,5-8H2,1-4H3/t9-,10+,11?,13-/m1/s1. The molecule has 2 saturated carbocycles. The third-order valence-corrected chi connectivity index (χ3v) is 5.45. The van der Waals surface area contributed by atoms with Gasteiger partial charge in [0.1, 0.15) is 0 Å². The van der Waals surface area contributed by atoms with E-state index in [9.17, 15) is 5.11 Å². The Morgan fingerprint density at radius 2 is 2.07 bits per heavy atom. The van der Waals surface area contributed by atoms with Crippen LogP contribution in [-0.2, 0) is 0 Å². The van der Waals surface area contributed by atoms with Crippen molar-refractivity contribution >= 4 is 0 Å². The zero-order chi connectivity index (χ0) is 11.3. The predicted molar refractivity (Wildman–Crippen MR) is 62.7 cm³/mol. The van der Waals surface area contributed by atoms with Gasteiger partial charge < -0.3 is 10.4 Å². The topological polar surface area (TPSA) is 32.3 Å². The van der Waals surface area contributed by atoms with Crippen molar-refractivity contribution in [2.45, 2.75) is 59.1 Å². The number of hydrogen-bond donors (Lipinski definition) is 2. The first-order valence-corrected chi connectivity index (χ1v) is 6.29. The zero-order valence-electron chi connectivity index (χ0n) is 10.5. The van der Waals surface area contributed by atoms with E-state index in [-0.39, 0.29) is 6.10 Å². The van der Waals surface area contributed by atoms with E-state index in [2.05, 4.69) is 26.1 Å². The highest BCUT2D eigenvalue weighted by Crippen LogP contribution is 2.65. The molecule has 4 atom stereocenters. The van der Waals surface area contributed by atoms with Crippen molar-refractivity contribution in [3.8, 4) is 0 Å².